The average molecular weight is 337 g/mol. The largest absolute Gasteiger partial charge is 0.382 e. The van der Waals surface area contributed by atoms with E-state index in [1.807, 2.05) is 51.1 Å². The van der Waals surface area contributed by atoms with Gasteiger partial charge in [0.15, 0.2) is 5.82 Å². The maximum Gasteiger partial charge on any atom is 0.224 e. The molecule has 3 rings (SSSR count). The molecule has 0 aliphatic heterocycles. The fraction of sp³-hybridized carbons (Fsp3) is 0.316. The van der Waals surface area contributed by atoms with Crippen LogP contribution in [-0.2, 0) is 17.8 Å². The van der Waals surface area contributed by atoms with Crippen LogP contribution in [0.5, 0.6) is 0 Å². The number of nitrogen functional groups attached to an aromatic ring is 1. The van der Waals surface area contributed by atoms with Crippen LogP contribution in [0.25, 0.3) is 11.0 Å². The van der Waals surface area contributed by atoms with E-state index >= 15 is 0 Å². The molecule has 1 amide bonds. The number of nitrogens with two attached hydrogens (primary N) is 1. The highest BCUT2D eigenvalue weighted by Crippen LogP contribution is 2.25. The van der Waals surface area contributed by atoms with Crippen molar-refractivity contribution in [3.63, 3.8) is 0 Å². The number of hydrogen-bond acceptors (Lipinski definition) is 4. The van der Waals surface area contributed by atoms with Gasteiger partial charge in [0.25, 0.3) is 0 Å². The fourth-order valence-electron chi connectivity index (χ4n) is 3.04. The van der Waals surface area contributed by atoms with Gasteiger partial charge in [-0.15, -0.1) is 0 Å². The number of anilines is 1. The van der Waals surface area contributed by atoms with E-state index in [-0.39, 0.29) is 5.91 Å². The van der Waals surface area contributed by atoms with Gasteiger partial charge in [0, 0.05) is 18.8 Å². The van der Waals surface area contributed by atoms with Crippen molar-refractivity contribution in [2.45, 2.75) is 33.7 Å². The maximum absolute atomic E-state index is 12.1. The van der Waals surface area contributed by atoms with E-state index in [1.54, 1.807) is 0 Å². The van der Waals surface area contributed by atoms with Crippen molar-refractivity contribution in [3.05, 3.63) is 53.0 Å². The highest BCUT2D eigenvalue weighted by molar-refractivity contribution is 5.88. The van der Waals surface area contributed by atoms with Crippen LogP contribution < -0.4 is 11.1 Å². The number of carbonyl (C=O) groups excluding carboxylic acids is 1. The van der Waals surface area contributed by atoms with Crippen molar-refractivity contribution in [3.8, 4) is 0 Å². The molecular weight excluding hydrogens is 314 g/mol. The molecule has 0 atom stereocenters. The summed E-state index contributed by atoms with van der Waals surface area (Å²) in [5.74, 6) is 1.34. The fourth-order valence-corrected chi connectivity index (χ4v) is 3.04. The number of nitrogens with zero attached hydrogens (tertiary/aromatic N) is 3. The molecule has 3 N–H and O–H groups in total. The second kappa shape index (κ2) is 6.93. The highest BCUT2D eigenvalue weighted by atomic mass is 16.1. The number of hydrogen-bond donors (Lipinski definition) is 2. The quantitative estimate of drug-likeness (QED) is 0.748. The van der Waals surface area contributed by atoms with Gasteiger partial charge in [-0.3, -0.25) is 4.79 Å². The van der Waals surface area contributed by atoms with Crippen molar-refractivity contribution in [1.29, 1.82) is 0 Å². The molecule has 3 aromatic rings. The molecule has 0 saturated heterocycles. The first-order valence-corrected chi connectivity index (χ1v) is 8.37. The molecule has 0 radical (unpaired) electrons. The lowest BCUT2D eigenvalue weighted by atomic mass is 10.1. The first-order chi connectivity index (χ1) is 12.0. The summed E-state index contributed by atoms with van der Waals surface area (Å²) in [6.07, 6.45) is 0.388. The molecule has 0 aliphatic carbocycles. The van der Waals surface area contributed by atoms with Gasteiger partial charge in [-0.05, 0) is 31.9 Å². The second-order valence-corrected chi connectivity index (χ2v) is 6.23. The molecule has 0 aliphatic rings. The molecule has 0 spiro atoms. The number of amides is 1. The second-order valence-electron chi connectivity index (χ2n) is 6.23. The lowest BCUT2D eigenvalue weighted by Gasteiger charge is -2.11. The minimum absolute atomic E-state index is 0.0161. The van der Waals surface area contributed by atoms with Crippen molar-refractivity contribution < 1.29 is 4.79 Å². The Kier molecular flexibility index (Phi) is 4.70. The molecule has 2 heterocycles. The van der Waals surface area contributed by atoms with E-state index in [1.165, 1.54) is 0 Å². The number of imidazole rings is 1. The number of rotatable bonds is 5. The van der Waals surface area contributed by atoms with E-state index in [0.717, 1.165) is 33.7 Å². The number of carbonyl (C=O) groups is 1. The van der Waals surface area contributed by atoms with Gasteiger partial charge in [-0.25, -0.2) is 9.97 Å². The molecular formula is C19H23N5O. The number of nitrogens with one attached hydrogen (secondary N) is 1. The first kappa shape index (κ1) is 17.0. The van der Waals surface area contributed by atoms with Crippen molar-refractivity contribution in [2.24, 2.45) is 0 Å². The summed E-state index contributed by atoms with van der Waals surface area (Å²) in [5, 5.41) is 2.98. The van der Waals surface area contributed by atoms with E-state index < -0.39 is 0 Å². The molecule has 25 heavy (non-hydrogen) atoms. The minimum Gasteiger partial charge on any atom is -0.382 e. The Morgan fingerprint density at radius 1 is 1.16 bits per heavy atom. The molecule has 2 aromatic heterocycles. The summed E-state index contributed by atoms with van der Waals surface area (Å²) in [5.41, 5.74) is 10.7. The molecule has 0 bridgehead atoms. The van der Waals surface area contributed by atoms with E-state index in [4.69, 9.17) is 5.73 Å². The standard InChI is InChI=1S/C19H23N5O/c1-12-13(2)22-19(20)17-18(12)24(14(3)23-17)10-9-21-16(25)11-15-7-5-4-6-8-15/h4-8H,9-11H2,1-3H3,(H2,20,22)(H,21,25). The third-order valence-electron chi connectivity index (χ3n) is 4.45. The summed E-state index contributed by atoms with van der Waals surface area (Å²) in [6.45, 7) is 7.10. The van der Waals surface area contributed by atoms with Crippen molar-refractivity contribution in [2.75, 3.05) is 12.3 Å². The predicted octanol–water partition coefficient (Wildman–Crippen LogP) is 2.30. The number of aromatic nitrogens is 3. The normalized spacial score (nSPS) is 11.0. The van der Waals surface area contributed by atoms with Crippen LogP contribution in [0.15, 0.2) is 30.3 Å². The van der Waals surface area contributed by atoms with Crippen LogP contribution >= 0.6 is 0 Å². The van der Waals surface area contributed by atoms with Crippen LogP contribution in [0.1, 0.15) is 22.6 Å². The van der Waals surface area contributed by atoms with Crippen molar-refractivity contribution >= 4 is 22.8 Å². The van der Waals surface area contributed by atoms with Gasteiger partial charge in [-0.1, -0.05) is 30.3 Å². The zero-order valence-electron chi connectivity index (χ0n) is 14.8. The summed E-state index contributed by atoms with van der Waals surface area (Å²) >= 11 is 0. The third-order valence-corrected chi connectivity index (χ3v) is 4.45. The number of fused-ring (bicyclic) bond motifs is 1. The number of benzene rings is 1. The van der Waals surface area contributed by atoms with Gasteiger partial charge in [-0.2, -0.15) is 0 Å². The van der Waals surface area contributed by atoms with Crippen LogP contribution in [0.2, 0.25) is 0 Å². The van der Waals surface area contributed by atoms with Crippen LogP contribution in [0.4, 0.5) is 5.82 Å². The summed E-state index contributed by atoms with van der Waals surface area (Å²) in [4.78, 5) is 21.0. The third kappa shape index (κ3) is 3.47. The Morgan fingerprint density at radius 3 is 2.60 bits per heavy atom. The Bertz CT molecular complexity index is 915. The van der Waals surface area contributed by atoms with Gasteiger partial charge < -0.3 is 15.6 Å². The minimum atomic E-state index is 0.0161. The lowest BCUT2D eigenvalue weighted by molar-refractivity contribution is -0.120. The summed E-state index contributed by atoms with van der Waals surface area (Å²) in [7, 11) is 0. The molecule has 0 unspecified atom stereocenters. The predicted molar refractivity (Wildman–Crippen MR) is 99.3 cm³/mol. The van der Waals surface area contributed by atoms with Gasteiger partial charge in [0.1, 0.15) is 11.3 Å². The molecule has 130 valence electrons. The lowest BCUT2D eigenvalue weighted by Crippen LogP contribution is -2.28. The Hall–Kier alpha value is -2.89. The van der Waals surface area contributed by atoms with Gasteiger partial charge in [0.05, 0.1) is 11.9 Å². The highest BCUT2D eigenvalue weighted by Gasteiger charge is 2.15. The Labute approximate surface area is 147 Å². The molecule has 1 aromatic carbocycles. The van der Waals surface area contributed by atoms with Gasteiger partial charge in [0.2, 0.25) is 5.91 Å². The van der Waals surface area contributed by atoms with E-state index in [0.29, 0.717) is 25.3 Å². The molecule has 6 nitrogen and oxygen atoms in total. The molecule has 6 heteroatoms. The number of aryl methyl sites for hydroxylation is 3. The van der Waals surface area contributed by atoms with Crippen LogP contribution in [0, 0.1) is 20.8 Å². The smallest absolute Gasteiger partial charge is 0.224 e. The maximum atomic E-state index is 12.1. The zero-order chi connectivity index (χ0) is 18.0. The SMILES string of the molecule is Cc1nc(N)c2nc(C)n(CCNC(=O)Cc3ccccc3)c2c1C. The van der Waals surface area contributed by atoms with Crippen LogP contribution in [-0.4, -0.2) is 27.0 Å². The first-order valence-electron chi connectivity index (χ1n) is 8.37. The molecule has 0 fully saturated rings. The number of pyridine rings is 1. The van der Waals surface area contributed by atoms with E-state index in [2.05, 4.69) is 19.9 Å². The average Bonchev–Trinajstić information content (AvgIpc) is 2.91. The van der Waals surface area contributed by atoms with Gasteiger partial charge >= 0.3 is 0 Å². The monoisotopic (exact) mass is 337 g/mol. The topological polar surface area (TPSA) is 85.8 Å². The molecule has 0 saturated carbocycles. The Morgan fingerprint density at radius 2 is 1.88 bits per heavy atom. The zero-order valence-corrected chi connectivity index (χ0v) is 14.8. The van der Waals surface area contributed by atoms with Crippen molar-refractivity contribution in [1.82, 2.24) is 19.9 Å². The Balaban J connectivity index is 1.71. The van der Waals surface area contributed by atoms with E-state index in [9.17, 15) is 4.79 Å². The van der Waals surface area contributed by atoms with Crippen LogP contribution in [0.3, 0.4) is 0 Å². The summed E-state index contributed by atoms with van der Waals surface area (Å²) in [6, 6.07) is 9.73. The summed E-state index contributed by atoms with van der Waals surface area (Å²) < 4.78 is 2.10.